The fraction of sp³-hybridized carbons (Fsp3) is 0.438. The molecule has 0 atom stereocenters. The second-order valence-corrected chi connectivity index (χ2v) is 5.32. The van der Waals surface area contributed by atoms with E-state index in [4.69, 9.17) is 4.42 Å². The third kappa shape index (κ3) is 2.78. The number of phenolic OH excluding ortho intramolecular Hbond substituents is 1. The Bertz CT molecular complexity index is 709. The van der Waals surface area contributed by atoms with Gasteiger partial charge in [0.25, 0.3) is 0 Å². The van der Waals surface area contributed by atoms with Crippen molar-refractivity contribution >= 4 is 23.4 Å². The number of phenols is 1. The molecule has 0 saturated heterocycles. The molecule has 1 aromatic carbocycles. The van der Waals surface area contributed by atoms with Crippen molar-refractivity contribution in [2.24, 2.45) is 0 Å². The van der Waals surface area contributed by atoms with E-state index in [2.05, 4.69) is 12.2 Å². The summed E-state index contributed by atoms with van der Waals surface area (Å²) in [6.45, 7) is 3.46. The lowest BCUT2D eigenvalue weighted by Crippen LogP contribution is -2.15. The second-order valence-electron chi connectivity index (χ2n) is 5.32. The van der Waals surface area contributed by atoms with Gasteiger partial charge >= 0.3 is 5.63 Å². The van der Waals surface area contributed by atoms with E-state index in [0.29, 0.717) is 17.7 Å². The van der Waals surface area contributed by atoms with Crippen molar-refractivity contribution < 1.29 is 9.52 Å². The Morgan fingerprint density at radius 2 is 2.05 bits per heavy atom. The maximum atomic E-state index is 12.0. The van der Waals surface area contributed by atoms with E-state index in [1.165, 1.54) is 0 Å². The lowest BCUT2D eigenvalue weighted by atomic mass is 10.0. The maximum absolute atomic E-state index is 12.0. The van der Waals surface area contributed by atoms with Gasteiger partial charge in [0.05, 0.1) is 5.56 Å². The minimum atomic E-state index is -0.243. The zero-order valence-electron chi connectivity index (χ0n) is 12.1. The first-order valence-electron chi connectivity index (χ1n) is 7.22. The minimum Gasteiger partial charge on any atom is -0.507 e. The SMILES string of the molecule is CCCNCc1c(O)ccc2c3c(c(=O)oc12)CCC3.Cl. The second kappa shape index (κ2) is 6.50. The molecule has 1 aliphatic carbocycles. The number of aryl methyl sites for hydroxylation is 1. The van der Waals surface area contributed by atoms with Crippen LogP contribution in [0.1, 0.15) is 36.5 Å². The molecule has 0 spiro atoms. The van der Waals surface area contributed by atoms with Crippen LogP contribution in [0.4, 0.5) is 0 Å². The number of fused-ring (bicyclic) bond motifs is 3. The number of benzene rings is 1. The molecule has 2 N–H and O–H groups in total. The van der Waals surface area contributed by atoms with E-state index in [-0.39, 0.29) is 23.8 Å². The Labute approximate surface area is 129 Å². The maximum Gasteiger partial charge on any atom is 0.339 e. The van der Waals surface area contributed by atoms with Crippen molar-refractivity contribution in [3.8, 4) is 5.75 Å². The van der Waals surface area contributed by atoms with Gasteiger partial charge in [0.2, 0.25) is 0 Å². The summed E-state index contributed by atoms with van der Waals surface area (Å²) in [6, 6.07) is 3.56. The molecule has 5 heteroatoms. The first-order chi connectivity index (χ1) is 9.72. The van der Waals surface area contributed by atoms with Crippen molar-refractivity contribution in [1.82, 2.24) is 5.32 Å². The summed E-state index contributed by atoms with van der Waals surface area (Å²) in [5, 5.41) is 14.3. The fourth-order valence-corrected chi connectivity index (χ4v) is 2.95. The van der Waals surface area contributed by atoms with Crippen LogP contribution in [0, 0.1) is 0 Å². The van der Waals surface area contributed by atoms with Crippen LogP contribution in [0.2, 0.25) is 0 Å². The average Bonchev–Trinajstić information content (AvgIpc) is 2.92. The summed E-state index contributed by atoms with van der Waals surface area (Å²) in [6.07, 6.45) is 3.75. The van der Waals surface area contributed by atoms with Crippen LogP contribution in [0.5, 0.6) is 5.75 Å². The van der Waals surface area contributed by atoms with Gasteiger partial charge in [-0.2, -0.15) is 0 Å². The van der Waals surface area contributed by atoms with Crippen LogP contribution in [-0.4, -0.2) is 11.7 Å². The van der Waals surface area contributed by atoms with Crippen molar-refractivity contribution in [1.29, 1.82) is 0 Å². The number of hydrogen-bond donors (Lipinski definition) is 2. The van der Waals surface area contributed by atoms with E-state index < -0.39 is 0 Å². The standard InChI is InChI=1S/C16H19NO3.ClH/c1-2-8-17-9-13-14(18)7-6-11-10-4-3-5-12(10)16(19)20-15(11)13;/h6-7,17-18H,2-5,8-9H2,1H3;1H. The molecule has 0 amide bonds. The quantitative estimate of drug-likeness (QED) is 0.673. The molecule has 3 rings (SSSR count). The van der Waals surface area contributed by atoms with Gasteiger partial charge in [-0.1, -0.05) is 6.92 Å². The predicted molar refractivity (Wildman–Crippen MR) is 85.4 cm³/mol. The van der Waals surface area contributed by atoms with Gasteiger partial charge in [-0.05, 0) is 49.9 Å². The number of hydrogen-bond acceptors (Lipinski definition) is 4. The zero-order valence-corrected chi connectivity index (χ0v) is 12.9. The van der Waals surface area contributed by atoms with E-state index in [0.717, 1.165) is 48.7 Å². The van der Waals surface area contributed by atoms with E-state index in [9.17, 15) is 9.90 Å². The zero-order chi connectivity index (χ0) is 14.1. The molecule has 0 aliphatic heterocycles. The molecule has 0 radical (unpaired) electrons. The summed E-state index contributed by atoms with van der Waals surface area (Å²) in [4.78, 5) is 12.0. The number of halogens is 1. The number of aromatic hydroxyl groups is 1. The van der Waals surface area contributed by atoms with Gasteiger partial charge in [0.15, 0.2) is 0 Å². The molecular weight excluding hydrogens is 290 g/mol. The van der Waals surface area contributed by atoms with E-state index >= 15 is 0 Å². The van der Waals surface area contributed by atoms with Crippen molar-refractivity contribution in [2.45, 2.75) is 39.2 Å². The first-order valence-corrected chi connectivity index (χ1v) is 7.22. The Morgan fingerprint density at radius 3 is 2.81 bits per heavy atom. The van der Waals surface area contributed by atoms with Crippen LogP contribution in [0.15, 0.2) is 21.3 Å². The summed E-state index contributed by atoms with van der Waals surface area (Å²) < 4.78 is 5.49. The van der Waals surface area contributed by atoms with Gasteiger partial charge in [-0.25, -0.2) is 4.79 Å². The molecule has 1 heterocycles. The Morgan fingerprint density at radius 1 is 1.29 bits per heavy atom. The molecule has 0 bridgehead atoms. The molecule has 0 fully saturated rings. The van der Waals surface area contributed by atoms with Crippen LogP contribution in [0.3, 0.4) is 0 Å². The number of nitrogens with one attached hydrogen (secondary N) is 1. The topological polar surface area (TPSA) is 62.5 Å². The molecule has 2 aromatic rings. The van der Waals surface area contributed by atoms with Gasteiger partial charge in [0.1, 0.15) is 11.3 Å². The third-order valence-electron chi connectivity index (χ3n) is 3.95. The lowest BCUT2D eigenvalue weighted by Gasteiger charge is -2.11. The van der Waals surface area contributed by atoms with Crippen LogP contribution < -0.4 is 10.9 Å². The lowest BCUT2D eigenvalue weighted by molar-refractivity contribution is 0.460. The highest BCUT2D eigenvalue weighted by atomic mass is 35.5. The highest BCUT2D eigenvalue weighted by molar-refractivity contribution is 5.86. The van der Waals surface area contributed by atoms with Crippen LogP contribution in [-0.2, 0) is 19.4 Å². The third-order valence-corrected chi connectivity index (χ3v) is 3.95. The normalized spacial score (nSPS) is 13.2. The molecule has 114 valence electrons. The molecule has 1 aliphatic rings. The molecule has 0 saturated carbocycles. The van der Waals surface area contributed by atoms with Gasteiger partial charge in [0, 0.05) is 17.5 Å². The Hall–Kier alpha value is -1.52. The minimum absolute atomic E-state index is 0. The fourth-order valence-electron chi connectivity index (χ4n) is 2.95. The monoisotopic (exact) mass is 309 g/mol. The Kier molecular flexibility index (Phi) is 4.91. The van der Waals surface area contributed by atoms with Crippen LogP contribution >= 0.6 is 12.4 Å². The summed E-state index contributed by atoms with van der Waals surface area (Å²) in [5.74, 6) is 0.183. The highest BCUT2D eigenvalue weighted by Gasteiger charge is 2.21. The molecule has 1 aromatic heterocycles. The molecule has 4 nitrogen and oxygen atoms in total. The first kappa shape index (κ1) is 15.9. The van der Waals surface area contributed by atoms with E-state index in [1.54, 1.807) is 6.07 Å². The summed E-state index contributed by atoms with van der Waals surface area (Å²) in [5.41, 5.74) is 2.90. The highest BCUT2D eigenvalue weighted by Crippen LogP contribution is 2.32. The van der Waals surface area contributed by atoms with Crippen LogP contribution in [0.25, 0.3) is 11.0 Å². The largest absolute Gasteiger partial charge is 0.507 e. The van der Waals surface area contributed by atoms with Crippen molar-refractivity contribution in [3.05, 3.63) is 39.2 Å². The van der Waals surface area contributed by atoms with Gasteiger partial charge in [-0.3, -0.25) is 0 Å². The molecule has 21 heavy (non-hydrogen) atoms. The molecular formula is C16H20ClNO3. The van der Waals surface area contributed by atoms with Gasteiger partial charge < -0.3 is 14.8 Å². The van der Waals surface area contributed by atoms with E-state index in [1.807, 2.05) is 6.07 Å². The smallest absolute Gasteiger partial charge is 0.339 e. The van der Waals surface area contributed by atoms with Crippen molar-refractivity contribution in [3.63, 3.8) is 0 Å². The van der Waals surface area contributed by atoms with Gasteiger partial charge in [-0.15, -0.1) is 12.4 Å². The predicted octanol–water partition coefficient (Wildman–Crippen LogP) is 2.91. The summed E-state index contributed by atoms with van der Waals surface area (Å²) in [7, 11) is 0. The van der Waals surface area contributed by atoms with Crippen molar-refractivity contribution in [2.75, 3.05) is 6.54 Å². The Balaban J connectivity index is 0.00000161. The number of rotatable bonds is 4. The summed E-state index contributed by atoms with van der Waals surface area (Å²) >= 11 is 0. The average molecular weight is 310 g/mol. The molecule has 0 unspecified atom stereocenters.